The van der Waals surface area contributed by atoms with E-state index in [1.54, 1.807) is 6.92 Å². The second kappa shape index (κ2) is 3.67. The number of aliphatic hydroxyl groups is 1. The van der Waals surface area contributed by atoms with Crippen molar-refractivity contribution in [3.63, 3.8) is 0 Å². The Bertz CT molecular complexity index is 215. The smallest absolute Gasteiger partial charge is 0.135 e. The molecule has 0 radical (unpaired) electrons. The summed E-state index contributed by atoms with van der Waals surface area (Å²) in [5, 5.41) is 13.4. The molecular formula is C12H25NO. The summed E-state index contributed by atoms with van der Waals surface area (Å²) in [6.45, 7) is 17.9. The van der Waals surface area contributed by atoms with Crippen LogP contribution in [0.1, 0.15) is 48.5 Å². The molecule has 0 amide bonds. The van der Waals surface area contributed by atoms with Crippen molar-refractivity contribution in [1.29, 1.82) is 0 Å². The highest BCUT2D eigenvalue weighted by Crippen LogP contribution is 2.32. The molecule has 14 heavy (non-hydrogen) atoms. The highest BCUT2D eigenvalue weighted by molar-refractivity contribution is 5.17. The van der Waals surface area contributed by atoms with E-state index in [2.05, 4.69) is 11.9 Å². The minimum Gasteiger partial charge on any atom is -0.372 e. The summed E-state index contributed by atoms with van der Waals surface area (Å²) in [6, 6.07) is 0. The van der Waals surface area contributed by atoms with E-state index in [0.717, 1.165) is 5.57 Å². The predicted molar refractivity (Wildman–Crippen MR) is 62.1 cm³/mol. The SMILES string of the molecule is C=C(C(C)(C)C)C(C)(O)NC(C)(C)C. The normalized spacial score (nSPS) is 17.7. The van der Waals surface area contributed by atoms with Crippen molar-refractivity contribution >= 4 is 0 Å². The van der Waals surface area contributed by atoms with Crippen LogP contribution in [0, 0.1) is 5.41 Å². The topological polar surface area (TPSA) is 32.3 Å². The summed E-state index contributed by atoms with van der Waals surface area (Å²) in [4.78, 5) is 0. The van der Waals surface area contributed by atoms with Gasteiger partial charge in [0.05, 0.1) is 0 Å². The monoisotopic (exact) mass is 199 g/mol. The van der Waals surface area contributed by atoms with E-state index < -0.39 is 5.72 Å². The van der Waals surface area contributed by atoms with Gasteiger partial charge in [-0.15, -0.1) is 0 Å². The van der Waals surface area contributed by atoms with Crippen molar-refractivity contribution in [3.05, 3.63) is 12.2 Å². The Hall–Kier alpha value is -0.340. The first-order valence-corrected chi connectivity index (χ1v) is 5.08. The Morgan fingerprint density at radius 2 is 1.36 bits per heavy atom. The van der Waals surface area contributed by atoms with Crippen LogP contribution in [-0.4, -0.2) is 16.4 Å². The Balaban J connectivity index is 4.72. The molecule has 0 spiro atoms. The van der Waals surface area contributed by atoms with Gasteiger partial charge in [-0.25, -0.2) is 0 Å². The zero-order chi connectivity index (χ0) is 11.8. The van der Waals surface area contributed by atoms with E-state index in [1.807, 2.05) is 41.5 Å². The molecule has 0 heterocycles. The van der Waals surface area contributed by atoms with Crippen molar-refractivity contribution in [1.82, 2.24) is 5.32 Å². The van der Waals surface area contributed by atoms with Crippen molar-refractivity contribution in [3.8, 4) is 0 Å². The first-order valence-electron chi connectivity index (χ1n) is 5.08. The molecule has 0 aliphatic rings. The van der Waals surface area contributed by atoms with Crippen molar-refractivity contribution in [2.24, 2.45) is 5.41 Å². The zero-order valence-corrected chi connectivity index (χ0v) is 10.7. The van der Waals surface area contributed by atoms with Crippen LogP contribution in [-0.2, 0) is 0 Å². The van der Waals surface area contributed by atoms with Crippen LogP contribution in [0.5, 0.6) is 0 Å². The molecule has 0 aliphatic carbocycles. The van der Waals surface area contributed by atoms with Crippen molar-refractivity contribution in [2.75, 3.05) is 0 Å². The maximum absolute atomic E-state index is 10.2. The second-order valence-electron chi connectivity index (χ2n) is 6.18. The standard InChI is InChI=1S/C12H25NO/c1-9(10(2,3)4)12(8,14)13-11(5,6)7/h13-14H,1H2,2-8H3. The van der Waals surface area contributed by atoms with Crippen LogP contribution in [0.3, 0.4) is 0 Å². The molecule has 2 N–H and O–H groups in total. The van der Waals surface area contributed by atoms with E-state index in [1.165, 1.54) is 0 Å². The Morgan fingerprint density at radius 1 is 1.00 bits per heavy atom. The number of hydrogen-bond donors (Lipinski definition) is 2. The predicted octanol–water partition coefficient (Wildman–Crippen LogP) is 2.69. The lowest BCUT2D eigenvalue weighted by Crippen LogP contribution is -2.55. The second-order valence-corrected chi connectivity index (χ2v) is 6.18. The summed E-state index contributed by atoms with van der Waals surface area (Å²) >= 11 is 0. The Kier molecular flexibility index (Phi) is 3.58. The summed E-state index contributed by atoms with van der Waals surface area (Å²) < 4.78 is 0. The molecule has 0 fully saturated rings. The van der Waals surface area contributed by atoms with Crippen LogP contribution in [0.2, 0.25) is 0 Å². The summed E-state index contributed by atoms with van der Waals surface area (Å²) in [6.07, 6.45) is 0. The fourth-order valence-electron chi connectivity index (χ4n) is 1.54. The van der Waals surface area contributed by atoms with E-state index in [0.29, 0.717) is 0 Å². The van der Waals surface area contributed by atoms with Gasteiger partial charge in [-0.3, -0.25) is 5.32 Å². The van der Waals surface area contributed by atoms with Crippen molar-refractivity contribution in [2.45, 2.75) is 59.7 Å². The molecule has 0 aromatic rings. The fraction of sp³-hybridized carbons (Fsp3) is 0.833. The first kappa shape index (κ1) is 13.7. The summed E-state index contributed by atoms with van der Waals surface area (Å²) in [5.41, 5.74) is -0.435. The van der Waals surface area contributed by atoms with Crippen LogP contribution in [0.15, 0.2) is 12.2 Å². The lowest BCUT2D eigenvalue weighted by Gasteiger charge is -2.39. The average Bonchev–Trinajstić information content (AvgIpc) is 1.78. The molecular weight excluding hydrogens is 174 g/mol. The van der Waals surface area contributed by atoms with E-state index in [4.69, 9.17) is 0 Å². The summed E-state index contributed by atoms with van der Waals surface area (Å²) in [5.74, 6) is 0. The van der Waals surface area contributed by atoms with Crippen LogP contribution in [0.25, 0.3) is 0 Å². The molecule has 0 aliphatic heterocycles. The molecule has 2 heteroatoms. The molecule has 0 aromatic carbocycles. The zero-order valence-electron chi connectivity index (χ0n) is 10.7. The third-order valence-corrected chi connectivity index (χ3v) is 2.11. The van der Waals surface area contributed by atoms with Crippen LogP contribution < -0.4 is 5.32 Å². The van der Waals surface area contributed by atoms with Gasteiger partial charge in [-0.1, -0.05) is 27.4 Å². The number of rotatable bonds is 2. The van der Waals surface area contributed by atoms with Crippen molar-refractivity contribution < 1.29 is 5.11 Å². The largest absolute Gasteiger partial charge is 0.372 e. The highest BCUT2D eigenvalue weighted by atomic mass is 16.3. The third kappa shape index (κ3) is 4.25. The molecule has 0 saturated heterocycles. The highest BCUT2D eigenvalue weighted by Gasteiger charge is 2.34. The van der Waals surface area contributed by atoms with Gasteiger partial charge in [-0.05, 0) is 38.7 Å². The van der Waals surface area contributed by atoms with Gasteiger partial charge in [0.25, 0.3) is 0 Å². The molecule has 0 bridgehead atoms. The molecule has 0 saturated carbocycles. The maximum atomic E-state index is 10.2. The minimum absolute atomic E-state index is 0.0955. The molecule has 2 nitrogen and oxygen atoms in total. The third-order valence-electron chi connectivity index (χ3n) is 2.11. The van der Waals surface area contributed by atoms with Crippen LogP contribution in [0.4, 0.5) is 0 Å². The minimum atomic E-state index is -1.02. The number of nitrogens with one attached hydrogen (secondary N) is 1. The molecule has 1 atom stereocenters. The number of hydrogen-bond acceptors (Lipinski definition) is 2. The van der Waals surface area contributed by atoms with Gasteiger partial charge in [0, 0.05) is 5.54 Å². The molecule has 1 unspecified atom stereocenters. The van der Waals surface area contributed by atoms with Gasteiger partial charge >= 0.3 is 0 Å². The van der Waals surface area contributed by atoms with E-state index in [-0.39, 0.29) is 11.0 Å². The molecule has 0 aromatic heterocycles. The lowest BCUT2D eigenvalue weighted by molar-refractivity contribution is 0.0204. The average molecular weight is 199 g/mol. The van der Waals surface area contributed by atoms with Gasteiger partial charge in [-0.2, -0.15) is 0 Å². The van der Waals surface area contributed by atoms with Gasteiger partial charge in [0.1, 0.15) is 5.72 Å². The quantitative estimate of drug-likeness (QED) is 0.529. The Labute approximate surface area is 88.4 Å². The van der Waals surface area contributed by atoms with E-state index in [9.17, 15) is 5.11 Å². The first-order chi connectivity index (χ1) is 5.86. The Morgan fingerprint density at radius 3 is 1.57 bits per heavy atom. The van der Waals surface area contributed by atoms with Gasteiger partial charge in [0.2, 0.25) is 0 Å². The molecule has 84 valence electrons. The van der Waals surface area contributed by atoms with Gasteiger partial charge < -0.3 is 5.11 Å². The van der Waals surface area contributed by atoms with Crippen LogP contribution >= 0.6 is 0 Å². The molecule has 0 rings (SSSR count). The fourth-order valence-corrected chi connectivity index (χ4v) is 1.54. The lowest BCUT2D eigenvalue weighted by atomic mass is 9.81. The van der Waals surface area contributed by atoms with Gasteiger partial charge in [0.15, 0.2) is 0 Å². The maximum Gasteiger partial charge on any atom is 0.135 e. The summed E-state index contributed by atoms with van der Waals surface area (Å²) in [7, 11) is 0. The van der Waals surface area contributed by atoms with E-state index >= 15 is 0 Å².